The van der Waals surface area contributed by atoms with Crippen LogP contribution in [-0.4, -0.2) is 48.7 Å². The Morgan fingerprint density at radius 2 is 1.53 bits per heavy atom. The fourth-order valence-corrected chi connectivity index (χ4v) is 5.62. The topological polar surface area (TPSA) is 133 Å². The van der Waals surface area contributed by atoms with E-state index >= 15 is 0 Å². The lowest BCUT2D eigenvalue weighted by atomic mass is 9.72. The van der Waals surface area contributed by atoms with Gasteiger partial charge in [-0.3, -0.25) is 25.2 Å². The molecule has 1 aliphatic heterocycles. The second kappa shape index (κ2) is 9.13. The van der Waals surface area contributed by atoms with E-state index in [1.165, 1.54) is 28.6 Å². The zero-order valence-corrected chi connectivity index (χ0v) is 17.5. The number of carbonyl (C=O) groups excluding carboxylic acids is 2. The molecule has 0 aromatic heterocycles. The number of hydrogen-bond acceptors (Lipinski definition) is 5. The Morgan fingerprint density at radius 3 is 2.10 bits per heavy atom. The molecule has 164 valence electrons. The second-order valence-corrected chi connectivity index (χ2v) is 9.90. The lowest BCUT2D eigenvalue weighted by molar-refractivity contribution is -0.154. The van der Waals surface area contributed by atoms with E-state index in [1.807, 2.05) is 0 Å². The fraction of sp³-hybridized carbons (Fsp3) is 0.550. The molecule has 2 amide bonds. The minimum atomic E-state index is -3.56. The predicted molar refractivity (Wildman–Crippen MR) is 108 cm³/mol. The normalized spacial score (nSPS) is 19.2. The van der Waals surface area contributed by atoms with Crippen molar-refractivity contribution in [2.45, 2.75) is 56.3 Å². The van der Waals surface area contributed by atoms with E-state index in [1.54, 1.807) is 0 Å². The maximum Gasteiger partial charge on any atom is 0.310 e. The third-order valence-electron chi connectivity index (χ3n) is 5.90. The molecular formula is C20H27N3O6S. The van der Waals surface area contributed by atoms with Crippen LogP contribution in [-0.2, 0) is 19.6 Å². The fourth-order valence-electron chi connectivity index (χ4n) is 4.10. The van der Waals surface area contributed by atoms with E-state index in [0.717, 1.165) is 32.1 Å². The van der Waals surface area contributed by atoms with Crippen molar-refractivity contribution >= 4 is 27.8 Å². The lowest BCUT2D eigenvalue weighted by Gasteiger charge is -2.32. The van der Waals surface area contributed by atoms with Crippen molar-refractivity contribution in [3.8, 4) is 0 Å². The Kier molecular flexibility index (Phi) is 6.77. The van der Waals surface area contributed by atoms with Crippen LogP contribution in [0.5, 0.6) is 0 Å². The number of nitrogens with one attached hydrogen (secondary N) is 2. The van der Waals surface area contributed by atoms with Crippen LogP contribution in [0.2, 0.25) is 0 Å². The van der Waals surface area contributed by atoms with E-state index in [-0.39, 0.29) is 16.9 Å². The highest BCUT2D eigenvalue weighted by atomic mass is 32.2. The molecule has 9 nitrogen and oxygen atoms in total. The maximum absolute atomic E-state index is 12.5. The first kappa shape index (κ1) is 22.2. The van der Waals surface area contributed by atoms with Crippen LogP contribution in [0, 0.1) is 5.41 Å². The summed E-state index contributed by atoms with van der Waals surface area (Å²) in [5, 5.41) is 9.54. The lowest BCUT2D eigenvalue weighted by Crippen LogP contribution is -2.45. The number of nitrogens with zero attached hydrogens (tertiary/aromatic N) is 1. The number of rotatable bonds is 6. The van der Waals surface area contributed by atoms with Gasteiger partial charge in [0.2, 0.25) is 15.9 Å². The summed E-state index contributed by atoms with van der Waals surface area (Å²) in [4.78, 5) is 36.3. The summed E-state index contributed by atoms with van der Waals surface area (Å²) in [5.41, 5.74) is 3.63. The van der Waals surface area contributed by atoms with Crippen molar-refractivity contribution in [3.63, 3.8) is 0 Å². The second-order valence-electron chi connectivity index (χ2n) is 7.96. The van der Waals surface area contributed by atoms with Crippen LogP contribution in [0.15, 0.2) is 29.2 Å². The van der Waals surface area contributed by atoms with Gasteiger partial charge in [0.25, 0.3) is 5.91 Å². The highest BCUT2D eigenvalue weighted by Gasteiger charge is 2.41. The van der Waals surface area contributed by atoms with Gasteiger partial charge in [-0.2, -0.15) is 4.31 Å². The van der Waals surface area contributed by atoms with Gasteiger partial charge in [0.1, 0.15) is 0 Å². The van der Waals surface area contributed by atoms with E-state index in [2.05, 4.69) is 10.9 Å². The van der Waals surface area contributed by atoms with Crippen LogP contribution in [0.4, 0.5) is 0 Å². The molecule has 0 bridgehead atoms. The molecule has 3 N–H and O–H groups in total. The molecule has 2 aliphatic rings. The number of hydrogen-bond donors (Lipinski definition) is 3. The molecule has 3 rings (SSSR count). The number of hydrazine groups is 1. The van der Waals surface area contributed by atoms with Crippen molar-refractivity contribution in [1.82, 2.24) is 15.2 Å². The zero-order valence-electron chi connectivity index (χ0n) is 16.7. The molecule has 0 radical (unpaired) electrons. The van der Waals surface area contributed by atoms with Crippen molar-refractivity contribution in [3.05, 3.63) is 29.8 Å². The predicted octanol–water partition coefficient (Wildman–Crippen LogP) is 1.66. The highest BCUT2D eigenvalue weighted by molar-refractivity contribution is 7.89. The first-order valence-corrected chi connectivity index (χ1v) is 11.6. The molecule has 1 saturated carbocycles. The third kappa shape index (κ3) is 4.81. The van der Waals surface area contributed by atoms with Gasteiger partial charge in [-0.15, -0.1) is 0 Å². The van der Waals surface area contributed by atoms with Crippen LogP contribution in [0.3, 0.4) is 0 Å². The number of carboxylic acid groups (broad SMARTS) is 1. The highest BCUT2D eigenvalue weighted by Crippen LogP contribution is 2.39. The number of sulfonamides is 1. The average molecular weight is 438 g/mol. The summed E-state index contributed by atoms with van der Waals surface area (Å²) >= 11 is 0. The van der Waals surface area contributed by atoms with Gasteiger partial charge in [-0.1, -0.05) is 19.3 Å². The van der Waals surface area contributed by atoms with E-state index < -0.39 is 33.2 Å². The molecule has 2 fully saturated rings. The number of amides is 2. The SMILES string of the molecule is O=C(CC1(C(=O)O)CCCCC1)NNC(=O)c1ccc(S(=O)(=O)N2CCCC2)cc1. The molecule has 1 aliphatic carbocycles. The molecule has 30 heavy (non-hydrogen) atoms. The molecule has 1 heterocycles. The number of carbonyl (C=O) groups is 3. The van der Waals surface area contributed by atoms with Crippen molar-refractivity contribution in [1.29, 1.82) is 0 Å². The summed E-state index contributed by atoms with van der Waals surface area (Å²) < 4.78 is 26.5. The van der Waals surface area contributed by atoms with Gasteiger partial charge in [0, 0.05) is 25.1 Å². The Hall–Kier alpha value is -2.46. The van der Waals surface area contributed by atoms with E-state index in [9.17, 15) is 27.9 Å². The molecule has 0 atom stereocenters. The Balaban J connectivity index is 1.57. The Labute approximate surface area is 175 Å². The van der Waals surface area contributed by atoms with Crippen LogP contribution in [0.25, 0.3) is 0 Å². The molecule has 0 unspecified atom stereocenters. The Bertz CT molecular complexity index is 901. The van der Waals surface area contributed by atoms with Crippen molar-refractivity contribution < 1.29 is 27.9 Å². The standard InChI is InChI=1S/C20H27N3O6S/c24-17(14-20(19(26)27)10-2-1-3-11-20)21-22-18(25)15-6-8-16(9-7-15)30(28,29)23-12-4-5-13-23/h6-9H,1-5,10-14H2,(H,21,24)(H,22,25)(H,26,27). The van der Waals surface area contributed by atoms with Crippen molar-refractivity contribution in [2.24, 2.45) is 5.41 Å². The third-order valence-corrected chi connectivity index (χ3v) is 7.81. The monoisotopic (exact) mass is 437 g/mol. The van der Waals surface area contributed by atoms with Gasteiger partial charge < -0.3 is 5.11 Å². The van der Waals surface area contributed by atoms with E-state index in [4.69, 9.17) is 0 Å². The van der Waals surface area contributed by atoms with Gasteiger partial charge in [-0.25, -0.2) is 8.42 Å². The number of benzene rings is 1. The average Bonchev–Trinajstić information content (AvgIpc) is 3.28. The first-order chi connectivity index (χ1) is 14.2. The molecule has 10 heteroatoms. The minimum Gasteiger partial charge on any atom is -0.481 e. The maximum atomic E-state index is 12.5. The van der Waals surface area contributed by atoms with Crippen LogP contribution >= 0.6 is 0 Å². The quantitative estimate of drug-likeness (QED) is 0.580. The smallest absolute Gasteiger partial charge is 0.310 e. The van der Waals surface area contributed by atoms with Gasteiger partial charge >= 0.3 is 5.97 Å². The molecule has 0 spiro atoms. The molecular weight excluding hydrogens is 410 g/mol. The van der Waals surface area contributed by atoms with Gasteiger partial charge in [-0.05, 0) is 49.9 Å². The summed E-state index contributed by atoms with van der Waals surface area (Å²) in [6.07, 6.45) is 4.84. The molecule has 1 aromatic rings. The summed E-state index contributed by atoms with van der Waals surface area (Å²) in [5.74, 6) is -2.17. The molecule has 1 aromatic carbocycles. The van der Waals surface area contributed by atoms with Crippen LogP contribution in [0.1, 0.15) is 61.7 Å². The largest absolute Gasteiger partial charge is 0.481 e. The summed E-state index contributed by atoms with van der Waals surface area (Å²) in [7, 11) is -3.56. The summed E-state index contributed by atoms with van der Waals surface area (Å²) in [6.45, 7) is 0.989. The van der Waals surface area contributed by atoms with Crippen molar-refractivity contribution in [2.75, 3.05) is 13.1 Å². The number of carboxylic acids is 1. The van der Waals surface area contributed by atoms with Crippen LogP contribution < -0.4 is 10.9 Å². The van der Waals surface area contributed by atoms with Gasteiger partial charge in [0.05, 0.1) is 10.3 Å². The van der Waals surface area contributed by atoms with E-state index in [0.29, 0.717) is 25.9 Å². The van der Waals surface area contributed by atoms with Gasteiger partial charge in [0.15, 0.2) is 0 Å². The minimum absolute atomic E-state index is 0.116. The first-order valence-electron chi connectivity index (χ1n) is 10.2. The number of aliphatic carboxylic acids is 1. The molecule has 1 saturated heterocycles. The summed E-state index contributed by atoms with van der Waals surface area (Å²) in [6, 6.07) is 5.49. The Morgan fingerprint density at radius 1 is 0.933 bits per heavy atom. The zero-order chi connectivity index (χ0) is 21.8.